The lowest BCUT2D eigenvalue weighted by molar-refractivity contribution is -0.123. The zero-order valence-corrected chi connectivity index (χ0v) is 18.3. The highest BCUT2D eigenvalue weighted by atomic mass is 16.5. The Kier molecular flexibility index (Phi) is 8.26. The summed E-state index contributed by atoms with van der Waals surface area (Å²) in [6.07, 6.45) is 0.930. The van der Waals surface area contributed by atoms with Crippen LogP contribution >= 0.6 is 0 Å². The van der Waals surface area contributed by atoms with Crippen molar-refractivity contribution in [2.45, 2.75) is 20.3 Å². The first-order chi connectivity index (χ1) is 15.5. The van der Waals surface area contributed by atoms with Gasteiger partial charge in [-0.2, -0.15) is 0 Å². The van der Waals surface area contributed by atoms with Gasteiger partial charge in [-0.3, -0.25) is 20.4 Å². The number of amides is 2. The van der Waals surface area contributed by atoms with E-state index in [0.29, 0.717) is 29.6 Å². The van der Waals surface area contributed by atoms with E-state index in [-0.39, 0.29) is 6.61 Å². The molecule has 32 heavy (non-hydrogen) atoms. The molecule has 0 aliphatic rings. The molecule has 6 nitrogen and oxygen atoms in total. The lowest BCUT2D eigenvalue weighted by Gasteiger charge is -2.13. The minimum Gasteiger partial charge on any atom is -0.494 e. The average Bonchev–Trinajstić information content (AvgIpc) is 2.82. The molecular weight excluding hydrogens is 404 g/mol. The topological polar surface area (TPSA) is 76.7 Å². The van der Waals surface area contributed by atoms with Gasteiger partial charge in [0.05, 0.1) is 6.61 Å². The van der Waals surface area contributed by atoms with Crippen molar-refractivity contribution >= 4 is 11.8 Å². The Morgan fingerprint density at radius 3 is 2.38 bits per heavy atom. The molecule has 0 fully saturated rings. The quantitative estimate of drug-likeness (QED) is 0.484. The van der Waals surface area contributed by atoms with Crippen molar-refractivity contribution in [1.29, 1.82) is 0 Å². The number of benzene rings is 3. The van der Waals surface area contributed by atoms with E-state index < -0.39 is 11.8 Å². The summed E-state index contributed by atoms with van der Waals surface area (Å²) in [5, 5.41) is 0. The number of nitrogens with one attached hydrogen (secondary N) is 2. The van der Waals surface area contributed by atoms with Crippen LogP contribution in [0.15, 0.2) is 78.9 Å². The van der Waals surface area contributed by atoms with E-state index in [9.17, 15) is 9.59 Å². The summed E-state index contributed by atoms with van der Waals surface area (Å²) in [5.41, 5.74) is 7.06. The number of para-hydroxylation sites is 1. The van der Waals surface area contributed by atoms with Crippen molar-refractivity contribution in [3.8, 4) is 22.6 Å². The Morgan fingerprint density at radius 1 is 0.844 bits per heavy atom. The summed E-state index contributed by atoms with van der Waals surface area (Å²) in [6.45, 7) is 4.60. The van der Waals surface area contributed by atoms with Crippen LogP contribution in [-0.4, -0.2) is 25.0 Å². The number of carbonyl (C=O) groups excluding carboxylic acids is 2. The first kappa shape index (κ1) is 22.9. The van der Waals surface area contributed by atoms with Gasteiger partial charge in [0.25, 0.3) is 11.8 Å². The molecule has 0 spiro atoms. The van der Waals surface area contributed by atoms with E-state index in [1.807, 2.05) is 48.5 Å². The van der Waals surface area contributed by atoms with Gasteiger partial charge < -0.3 is 9.47 Å². The van der Waals surface area contributed by atoms with Gasteiger partial charge in [-0.15, -0.1) is 0 Å². The van der Waals surface area contributed by atoms with Crippen LogP contribution < -0.4 is 20.3 Å². The maximum atomic E-state index is 12.4. The zero-order valence-electron chi connectivity index (χ0n) is 18.3. The third-order valence-electron chi connectivity index (χ3n) is 4.71. The standard InChI is InChI=1S/C26H28N2O4/c1-19(2)15-16-31-22-12-8-11-21(17-22)26(30)28-27-25(29)18-32-24-14-7-6-13-23(24)20-9-4-3-5-10-20/h3-14,17,19H,15-16,18H2,1-2H3,(H,27,29)(H,28,30). The van der Waals surface area contributed by atoms with E-state index in [1.165, 1.54) is 0 Å². The van der Waals surface area contributed by atoms with Crippen LogP contribution in [0.4, 0.5) is 0 Å². The molecule has 6 heteroatoms. The Bertz CT molecular complexity index is 1030. The molecule has 0 saturated carbocycles. The maximum absolute atomic E-state index is 12.4. The molecule has 0 bridgehead atoms. The molecule has 0 aromatic heterocycles. The number of rotatable bonds is 9. The molecule has 0 aliphatic carbocycles. The number of hydrazine groups is 1. The fraction of sp³-hybridized carbons (Fsp3) is 0.231. The van der Waals surface area contributed by atoms with Gasteiger partial charge in [-0.25, -0.2) is 0 Å². The van der Waals surface area contributed by atoms with E-state index in [2.05, 4.69) is 24.7 Å². The third kappa shape index (κ3) is 6.87. The number of hydrogen-bond donors (Lipinski definition) is 2. The molecule has 3 rings (SSSR count). The smallest absolute Gasteiger partial charge is 0.276 e. The van der Waals surface area contributed by atoms with Crippen LogP contribution in [0.1, 0.15) is 30.6 Å². The van der Waals surface area contributed by atoms with Gasteiger partial charge in [-0.1, -0.05) is 68.4 Å². The van der Waals surface area contributed by atoms with Gasteiger partial charge in [0, 0.05) is 11.1 Å². The van der Waals surface area contributed by atoms with Crippen molar-refractivity contribution in [1.82, 2.24) is 10.9 Å². The summed E-state index contributed by atoms with van der Waals surface area (Å²) in [4.78, 5) is 24.6. The van der Waals surface area contributed by atoms with E-state index in [0.717, 1.165) is 17.5 Å². The fourth-order valence-corrected chi connectivity index (χ4v) is 2.97. The first-order valence-electron chi connectivity index (χ1n) is 10.6. The third-order valence-corrected chi connectivity index (χ3v) is 4.71. The molecule has 3 aromatic rings. The molecule has 0 atom stereocenters. The van der Waals surface area contributed by atoms with Crippen molar-refractivity contribution in [3.05, 3.63) is 84.4 Å². The SMILES string of the molecule is CC(C)CCOc1cccc(C(=O)NNC(=O)COc2ccccc2-c2ccccc2)c1. The van der Waals surface area contributed by atoms with Crippen LogP contribution in [-0.2, 0) is 4.79 Å². The average molecular weight is 433 g/mol. The number of ether oxygens (including phenoxy) is 2. The maximum Gasteiger partial charge on any atom is 0.276 e. The van der Waals surface area contributed by atoms with Gasteiger partial charge in [0.1, 0.15) is 11.5 Å². The highest BCUT2D eigenvalue weighted by molar-refractivity contribution is 5.95. The Balaban J connectivity index is 1.50. The second-order valence-corrected chi connectivity index (χ2v) is 7.71. The van der Waals surface area contributed by atoms with Crippen LogP contribution in [0.2, 0.25) is 0 Å². The lowest BCUT2D eigenvalue weighted by Crippen LogP contribution is -2.43. The molecule has 0 aliphatic heterocycles. The second kappa shape index (κ2) is 11.6. The molecule has 2 amide bonds. The summed E-state index contributed by atoms with van der Waals surface area (Å²) in [6, 6.07) is 24.1. The molecule has 0 heterocycles. The molecule has 2 N–H and O–H groups in total. The highest BCUT2D eigenvalue weighted by Gasteiger charge is 2.11. The lowest BCUT2D eigenvalue weighted by atomic mass is 10.1. The van der Waals surface area contributed by atoms with Gasteiger partial charge in [-0.05, 0) is 42.2 Å². The van der Waals surface area contributed by atoms with Crippen LogP contribution in [0.25, 0.3) is 11.1 Å². The van der Waals surface area contributed by atoms with Crippen LogP contribution in [0, 0.1) is 5.92 Å². The van der Waals surface area contributed by atoms with E-state index >= 15 is 0 Å². The van der Waals surface area contributed by atoms with Crippen molar-refractivity contribution < 1.29 is 19.1 Å². The Hall–Kier alpha value is -3.80. The highest BCUT2D eigenvalue weighted by Crippen LogP contribution is 2.29. The number of carbonyl (C=O) groups is 2. The number of hydrogen-bond acceptors (Lipinski definition) is 4. The largest absolute Gasteiger partial charge is 0.494 e. The zero-order chi connectivity index (χ0) is 22.8. The molecule has 166 valence electrons. The predicted molar refractivity (Wildman–Crippen MR) is 124 cm³/mol. The van der Waals surface area contributed by atoms with Crippen molar-refractivity contribution in [3.63, 3.8) is 0 Å². The summed E-state index contributed by atoms with van der Waals surface area (Å²) in [5.74, 6) is 0.846. The summed E-state index contributed by atoms with van der Waals surface area (Å²) in [7, 11) is 0. The Labute approximate surface area is 188 Å². The summed E-state index contributed by atoms with van der Waals surface area (Å²) >= 11 is 0. The van der Waals surface area contributed by atoms with Crippen molar-refractivity contribution in [2.24, 2.45) is 5.92 Å². The summed E-state index contributed by atoms with van der Waals surface area (Å²) < 4.78 is 11.4. The van der Waals surface area contributed by atoms with E-state index in [1.54, 1.807) is 30.3 Å². The van der Waals surface area contributed by atoms with Gasteiger partial charge >= 0.3 is 0 Å². The van der Waals surface area contributed by atoms with Crippen LogP contribution in [0.5, 0.6) is 11.5 Å². The molecule has 0 radical (unpaired) electrons. The van der Waals surface area contributed by atoms with Gasteiger partial charge in [0.15, 0.2) is 6.61 Å². The van der Waals surface area contributed by atoms with E-state index in [4.69, 9.17) is 9.47 Å². The monoisotopic (exact) mass is 432 g/mol. The van der Waals surface area contributed by atoms with Crippen LogP contribution in [0.3, 0.4) is 0 Å². The molecule has 0 saturated heterocycles. The molecular formula is C26H28N2O4. The van der Waals surface area contributed by atoms with Crippen molar-refractivity contribution in [2.75, 3.05) is 13.2 Å². The van der Waals surface area contributed by atoms with Gasteiger partial charge in [0.2, 0.25) is 0 Å². The Morgan fingerprint density at radius 2 is 1.59 bits per heavy atom. The molecule has 3 aromatic carbocycles. The second-order valence-electron chi connectivity index (χ2n) is 7.71. The predicted octanol–water partition coefficient (Wildman–Crippen LogP) is 4.62. The molecule has 0 unspecified atom stereocenters. The first-order valence-corrected chi connectivity index (χ1v) is 10.6. The minimum atomic E-state index is -0.467. The normalized spacial score (nSPS) is 10.5. The minimum absolute atomic E-state index is 0.234. The fourth-order valence-electron chi connectivity index (χ4n) is 2.97.